The number of carbonyl (C=O) groups excluding carboxylic acids is 2. The van der Waals surface area contributed by atoms with Crippen molar-refractivity contribution in [3.8, 4) is 0 Å². The summed E-state index contributed by atoms with van der Waals surface area (Å²) in [6.07, 6.45) is 0.989. The van der Waals surface area contributed by atoms with E-state index < -0.39 is 11.7 Å². The van der Waals surface area contributed by atoms with Crippen molar-refractivity contribution in [2.24, 2.45) is 0 Å². The van der Waals surface area contributed by atoms with Crippen molar-refractivity contribution in [1.82, 2.24) is 14.7 Å². The van der Waals surface area contributed by atoms with Gasteiger partial charge in [0.05, 0.1) is 18.3 Å². The minimum absolute atomic E-state index is 0.309. The van der Waals surface area contributed by atoms with Crippen LogP contribution in [0.2, 0.25) is 0 Å². The maximum atomic E-state index is 12.6. The lowest BCUT2D eigenvalue weighted by atomic mass is 10.1. The molecule has 1 aliphatic heterocycles. The van der Waals surface area contributed by atoms with Gasteiger partial charge in [-0.15, -0.1) is 0 Å². The maximum absolute atomic E-state index is 12.6. The fourth-order valence-electron chi connectivity index (χ4n) is 2.39. The van der Waals surface area contributed by atoms with Crippen LogP contribution in [0.1, 0.15) is 49.4 Å². The Hall–Kier alpha value is -2.11. The van der Waals surface area contributed by atoms with Crippen molar-refractivity contribution in [1.29, 1.82) is 0 Å². The maximum Gasteiger partial charge on any atom is 0.417 e. The molecule has 2 amide bonds. The zero-order valence-corrected chi connectivity index (χ0v) is 13.1. The highest BCUT2D eigenvalue weighted by Gasteiger charge is 2.39. The molecule has 1 unspecified atom stereocenters. The molecule has 1 aliphatic rings. The van der Waals surface area contributed by atoms with E-state index in [4.69, 9.17) is 4.74 Å². The van der Waals surface area contributed by atoms with E-state index >= 15 is 0 Å². The number of rotatable bonds is 1. The van der Waals surface area contributed by atoms with E-state index in [1.54, 1.807) is 45.4 Å². The lowest BCUT2D eigenvalue weighted by Crippen LogP contribution is -2.51. The summed E-state index contributed by atoms with van der Waals surface area (Å²) in [5, 5.41) is 4.34. The number of carbonyl (C=O) groups is 2. The third kappa shape index (κ3) is 2.70. The summed E-state index contributed by atoms with van der Waals surface area (Å²) in [6, 6.07) is -0.309. The Morgan fingerprint density at radius 3 is 2.62 bits per heavy atom. The Morgan fingerprint density at radius 2 is 2.10 bits per heavy atom. The summed E-state index contributed by atoms with van der Waals surface area (Å²) in [4.78, 5) is 26.1. The first-order valence-corrected chi connectivity index (χ1v) is 6.92. The molecule has 0 fully saturated rings. The highest BCUT2D eigenvalue weighted by Crippen LogP contribution is 2.25. The number of amides is 2. The van der Waals surface area contributed by atoms with E-state index in [0.29, 0.717) is 17.9 Å². The Labute approximate surface area is 124 Å². The first-order chi connectivity index (χ1) is 9.65. The first-order valence-electron chi connectivity index (χ1n) is 6.92. The van der Waals surface area contributed by atoms with Gasteiger partial charge in [-0.2, -0.15) is 5.10 Å². The molecule has 6 heteroatoms. The molecule has 2 rings (SSSR count). The van der Waals surface area contributed by atoms with Crippen molar-refractivity contribution >= 4 is 18.1 Å². The van der Waals surface area contributed by atoms with Gasteiger partial charge in [0, 0.05) is 5.56 Å². The van der Waals surface area contributed by atoms with Crippen LogP contribution in [-0.4, -0.2) is 38.3 Å². The zero-order chi connectivity index (χ0) is 15.9. The number of imide groups is 1. The number of nitrogens with zero attached hydrogens (tertiary/aromatic N) is 3. The average molecular weight is 291 g/mol. The van der Waals surface area contributed by atoms with Gasteiger partial charge in [-0.05, 0) is 40.7 Å². The van der Waals surface area contributed by atoms with E-state index in [-0.39, 0.29) is 11.9 Å². The van der Waals surface area contributed by atoms with Gasteiger partial charge in [-0.3, -0.25) is 9.48 Å². The lowest BCUT2D eigenvalue weighted by molar-refractivity contribution is 0.0129. The molecule has 1 aromatic heterocycles. The van der Waals surface area contributed by atoms with Crippen LogP contribution in [0.25, 0.3) is 6.08 Å². The molecule has 0 aromatic carbocycles. The molecular formula is C15H21N3O3. The topological polar surface area (TPSA) is 64.4 Å². The second kappa shape index (κ2) is 5.02. The summed E-state index contributed by atoms with van der Waals surface area (Å²) in [7, 11) is 0. The summed E-state index contributed by atoms with van der Waals surface area (Å²) >= 11 is 0. The Bertz CT molecular complexity index is 610. The van der Waals surface area contributed by atoms with Crippen LogP contribution in [0.3, 0.4) is 0 Å². The molecule has 21 heavy (non-hydrogen) atoms. The van der Waals surface area contributed by atoms with Crippen LogP contribution in [0.4, 0.5) is 4.79 Å². The number of ether oxygens (including phenoxy) is 1. The van der Waals surface area contributed by atoms with E-state index in [9.17, 15) is 9.59 Å². The zero-order valence-electron chi connectivity index (χ0n) is 13.1. The summed E-state index contributed by atoms with van der Waals surface area (Å²) in [5.41, 5.74) is 1.18. The second-order valence-electron chi connectivity index (χ2n) is 6.25. The normalized spacial score (nSPS) is 18.4. The molecule has 1 atom stereocenters. The minimum Gasteiger partial charge on any atom is -0.443 e. The average Bonchev–Trinajstić information content (AvgIpc) is 2.63. The molecule has 6 nitrogen and oxygen atoms in total. The van der Waals surface area contributed by atoms with Crippen LogP contribution < -0.4 is 0 Å². The molecule has 0 saturated carbocycles. The molecule has 114 valence electrons. The van der Waals surface area contributed by atoms with Gasteiger partial charge in [-0.25, -0.2) is 9.69 Å². The predicted octanol–water partition coefficient (Wildman–Crippen LogP) is 2.61. The Morgan fingerprint density at radius 1 is 1.48 bits per heavy atom. The highest BCUT2D eigenvalue weighted by atomic mass is 16.6. The standard InChI is InChI=1S/C15H21N3O3/c1-7-11-10(3)12-13(19)18(9(2)8-17(12)16-11)14(20)21-15(4,5)6/h7,9H,1,8H2,2-6H3. The van der Waals surface area contributed by atoms with E-state index in [2.05, 4.69) is 11.7 Å². The Kier molecular flexibility index (Phi) is 3.65. The fraction of sp³-hybridized carbons (Fsp3) is 0.533. The number of hydrogen-bond donors (Lipinski definition) is 0. The number of aromatic nitrogens is 2. The predicted molar refractivity (Wildman–Crippen MR) is 78.9 cm³/mol. The molecule has 0 spiro atoms. The van der Waals surface area contributed by atoms with E-state index in [0.717, 1.165) is 5.56 Å². The minimum atomic E-state index is -0.643. The van der Waals surface area contributed by atoms with Crippen LogP contribution in [0.15, 0.2) is 6.58 Å². The van der Waals surface area contributed by atoms with Gasteiger partial charge in [0.15, 0.2) is 0 Å². The largest absolute Gasteiger partial charge is 0.443 e. The van der Waals surface area contributed by atoms with Gasteiger partial charge in [0.1, 0.15) is 11.3 Å². The molecule has 0 radical (unpaired) electrons. The van der Waals surface area contributed by atoms with Crippen LogP contribution >= 0.6 is 0 Å². The fourth-order valence-corrected chi connectivity index (χ4v) is 2.39. The van der Waals surface area contributed by atoms with Gasteiger partial charge in [0.25, 0.3) is 5.91 Å². The monoisotopic (exact) mass is 291 g/mol. The lowest BCUT2D eigenvalue weighted by Gasteiger charge is -2.33. The van der Waals surface area contributed by atoms with Crippen molar-refractivity contribution in [3.63, 3.8) is 0 Å². The summed E-state index contributed by atoms with van der Waals surface area (Å²) < 4.78 is 6.96. The van der Waals surface area contributed by atoms with Crippen molar-refractivity contribution in [2.45, 2.75) is 52.8 Å². The number of fused-ring (bicyclic) bond motifs is 1. The van der Waals surface area contributed by atoms with Gasteiger partial charge in [-0.1, -0.05) is 6.58 Å². The summed E-state index contributed by atoms with van der Waals surface area (Å²) in [5.74, 6) is -0.374. The van der Waals surface area contributed by atoms with E-state index in [1.165, 1.54) is 4.90 Å². The molecule has 0 aliphatic carbocycles. The molecule has 0 saturated heterocycles. The van der Waals surface area contributed by atoms with Gasteiger partial charge >= 0.3 is 6.09 Å². The molecule has 0 bridgehead atoms. The van der Waals surface area contributed by atoms with Crippen molar-refractivity contribution in [3.05, 3.63) is 23.5 Å². The summed E-state index contributed by atoms with van der Waals surface area (Å²) in [6.45, 7) is 13.1. The molecule has 2 heterocycles. The highest BCUT2D eigenvalue weighted by molar-refractivity contribution is 6.04. The molecular weight excluding hydrogens is 270 g/mol. The molecule has 0 N–H and O–H groups in total. The quantitative estimate of drug-likeness (QED) is 0.798. The van der Waals surface area contributed by atoms with Crippen molar-refractivity contribution in [2.75, 3.05) is 0 Å². The van der Waals surface area contributed by atoms with Crippen LogP contribution in [0.5, 0.6) is 0 Å². The van der Waals surface area contributed by atoms with E-state index in [1.807, 2.05) is 0 Å². The van der Waals surface area contributed by atoms with Gasteiger partial charge in [0.2, 0.25) is 0 Å². The second-order valence-corrected chi connectivity index (χ2v) is 6.25. The van der Waals surface area contributed by atoms with Crippen LogP contribution in [-0.2, 0) is 11.3 Å². The number of hydrogen-bond acceptors (Lipinski definition) is 4. The smallest absolute Gasteiger partial charge is 0.417 e. The third-order valence-electron chi connectivity index (χ3n) is 3.31. The van der Waals surface area contributed by atoms with Gasteiger partial charge < -0.3 is 4.74 Å². The van der Waals surface area contributed by atoms with Crippen molar-refractivity contribution < 1.29 is 14.3 Å². The Balaban J connectivity index is 2.39. The molecule has 1 aromatic rings. The SMILES string of the molecule is C=Cc1nn2c(c1C)C(=O)N(C(=O)OC(C)(C)C)C(C)C2. The first kappa shape index (κ1) is 15.3. The third-order valence-corrected chi connectivity index (χ3v) is 3.31. The van der Waals surface area contributed by atoms with Crippen LogP contribution in [0, 0.1) is 6.92 Å².